The molecule has 0 bridgehead atoms. The maximum atomic E-state index is 13.9. The van der Waals surface area contributed by atoms with Gasteiger partial charge in [0, 0.05) is 18.9 Å². The fourth-order valence-electron chi connectivity index (χ4n) is 1.55. The highest BCUT2D eigenvalue weighted by Gasteiger charge is 2.15. The molecule has 2 rings (SSSR count). The molecule has 0 aliphatic heterocycles. The van der Waals surface area contributed by atoms with Crippen LogP contribution in [0.3, 0.4) is 0 Å². The molecule has 1 aromatic carbocycles. The van der Waals surface area contributed by atoms with Crippen LogP contribution >= 0.6 is 15.9 Å². The van der Waals surface area contributed by atoms with Gasteiger partial charge < -0.3 is 10.4 Å². The number of rotatable bonds is 4. The zero-order valence-corrected chi connectivity index (χ0v) is 11.3. The number of carboxylic acids is 1. The Bertz CT molecular complexity index is 605. The van der Waals surface area contributed by atoms with Crippen LogP contribution in [0.4, 0.5) is 10.1 Å². The van der Waals surface area contributed by atoms with Crippen molar-refractivity contribution >= 4 is 27.6 Å². The Kier molecular flexibility index (Phi) is 4.11. The van der Waals surface area contributed by atoms with Crippen LogP contribution in [-0.4, -0.2) is 16.1 Å². The van der Waals surface area contributed by atoms with E-state index >= 15 is 0 Å². The van der Waals surface area contributed by atoms with Crippen molar-refractivity contribution in [1.29, 1.82) is 0 Å². The molecule has 1 aromatic heterocycles. The lowest BCUT2D eigenvalue weighted by Gasteiger charge is -2.10. The number of pyridine rings is 1. The second-order valence-electron chi connectivity index (χ2n) is 3.80. The van der Waals surface area contributed by atoms with Crippen LogP contribution in [0.5, 0.6) is 0 Å². The number of carbonyl (C=O) groups is 1. The summed E-state index contributed by atoms with van der Waals surface area (Å²) in [5, 5.41) is 11.8. The summed E-state index contributed by atoms with van der Waals surface area (Å²) in [6, 6.07) is 6.38. The minimum atomic E-state index is -1.17. The van der Waals surface area contributed by atoms with Gasteiger partial charge in [-0.2, -0.15) is 0 Å². The molecule has 0 saturated carbocycles. The molecule has 0 amide bonds. The maximum absolute atomic E-state index is 13.9. The van der Waals surface area contributed by atoms with Gasteiger partial charge in [0.25, 0.3) is 0 Å². The zero-order valence-electron chi connectivity index (χ0n) is 9.73. The van der Waals surface area contributed by atoms with Crippen molar-refractivity contribution in [2.75, 3.05) is 5.32 Å². The molecular formula is C13H10BrFN2O2. The number of hydrogen-bond donors (Lipinski definition) is 2. The van der Waals surface area contributed by atoms with E-state index in [-0.39, 0.29) is 15.7 Å². The van der Waals surface area contributed by atoms with E-state index in [4.69, 9.17) is 5.11 Å². The smallest absolute Gasteiger partial charge is 0.336 e. The summed E-state index contributed by atoms with van der Waals surface area (Å²) in [5.74, 6) is -1.79. The molecule has 1 heterocycles. The highest BCUT2D eigenvalue weighted by atomic mass is 79.9. The second-order valence-corrected chi connectivity index (χ2v) is 4.60. The first-order valence-corrected chi connectivity index (χ1v) is 6.23. The SMILES string of the molecule is O=C(O)c1ccc(NCc2ccncc2)c(F)c1Br. The van der Waals surface area contributed by atoms with Crippen molar-refractivity contribution < 1.29 is 14.3 Å². The molecule has 2 aromatic rings. The predicted molar refractivity (Wildman–Crippen MR) is 72.6 cm³/mol. The van der Waals surface area contributed by atoms with Gasteiger partial charge >= 0.3 is 5.97 Å². The topological polar surface area (TPSA) is 62.2 Å². The van der Waals surface area contributed by atoms with Crippen LogP contribution < -0.4 is 5.32 Å². The number of aromatic nitrogens is 1. The normalized spacial score (nSPS) is 10.2. The number of carboxylic acid groups (broad SMARTS) is 1. The summed E-state index contributed by atoms with van der Waals surface area (Å²) < 4.78 is 13.9. The fourth-order valence-corrected chi connectivity index (χ4v) is 2.06. The van der Waals surface area contributed by atoms with Gasteiger partial charge in [0.2, 0.25) is 0 Å². The first-order valence-electron chi connectivity index (χ1n) is 5.43. The van der Waals surface area contributed by atoms with E-state index in [1.165, 1.54) is 12.1 Å². The Morgan fingerprint density at radius 3 is 2.63 bits per heavy atom. The number of nitrogens with one attached hydrogen (secondary N) is 1. The Balaban J connectivity index is 2.18. The van der Waals surface area contributed by atoms with Crippen molar-refractivity contribution in [3.05, 3.63) is 58.1 Å². The van der Waals surface area contributed by atoms with Gasteiger partial charge in [-0.3, -0.25) is 4.98 Å². The second kappa shape index (κ2) is 5.79. The summed E-state index contributed by atoms with van der Waals surface area (Å²) in [6.07, 6.45) is 3.30. The molecule has 19 heavy (non-hydrogen) atoms. The average Bonchev–Trinajstić information content (AvgIpc) is 2.41. The lowest BCUT2D eigenvalue weighted by Crippen LogP contribution is -2.05. The van der Waals surface area contributed by atoms with Crippen LogP contribution in [0, 0.1) is 5.82 Å². The van der Waals surface area contributed by atoms with Crippen molar-refractivity contribution in [2.24, 2.45) is 0 Å². The molecule has 0 saturated heterocycles. The molecule has 2 N–H and O–H groups in total. The predicted octanol–water partition coefficient (Wildman–Crippen LogP) is 3.29. The maximum Gasteiger partial charge on any atom is 0.336 e. The summed E-state index contributed by atoms with van der Waals surface area (Å²) in [7, 11) is 0. The minimum absolute atomic E-state index is 0.0558. The van der Waals surface area contributed by atoms with Crippen molar-refractivity contribution in [3.8, 4) is 0 Å². The number of aromatic carboxylic acids is 1. The van der Waals surface area contributed by atoms with Crippen LogP contribution in [-0.2, 0) is 6.54 Å². The first kappa shape index (κ1) is 13.5. The molecule has 0 radical (unpaired) electrons. The van der Waals surface area contributed by atoms with E-state index in [0.29, 0.717) is 6.54 Å². The van der Waals surface area contributed by atoms with Gasteiger partial charge in [0.1, 0.15) is 0 Å². The molecular weight excluding hydrogens is 315 g/mol. The third kappa shape index (κ3) is 3.08. The lowest BCUT2D eigenvalue weighted by molar-refractivity contribution is 0.0695. The summed E-state index contributed by atoms with van der Waals surface area (Å²) in [6.45, 7) is 0.429. The zero-order chi connectivity index (χ0) is 13.8. The standard InChI is InChI=1S/C13H10BrFN2O2/c14-11-9(13(18)19)1-2-10(12(11)15)17-7-8-3-5-16-6-4-8/h1-6,17H,7H2,(H,18,19). The van der Waals surface area contributed by atoms with E-state index in [2.05, 4.69) is 26.2 Å². The molecule has 0 fully saturated rings. The van der Waals surface area contributed by atoms with Crippen molar-refractivity contribution in [2.45, 2.75) is 6.54 Å². The molecule has 0 aliphatic carbocycles. The summed E-state index contributed by atoms with van der Waals surface area (Å²) in [5.41, 5.74) is 1.09. The van der Waals surface area contributed by atoms with E-state index in [1.807, 2.05) is 12.1 Å². The quantitative estimate of drug-likeness (QED) is 0.905. The molecule has 0 atom stereocenters. The molecule has 6 heteroatoms. The average molecular weight is 325 g/mol. The van der Waals surface area contributed by atoms with Gasteiger partial charge in [0.05, 0.1) is 15.7 Å². The van der Waals surface area contributed by atoms with Gasteiger partial charge in [-0.1, -0.05) is 0 Å². The van der Waals surface area contributed by atoms with Gasteiger partial charge in [0.15, 0.2) is 5.82 Å². The molecule has 0 spiro atoms. The number of anilines is 1. The van der Waals surface area contributed by atoms with Gasteiger partial charge in [-0.25, -0.2) is 9.18 Å². The van der Waals surface area contributed by atoms with E-state index in [1.54, 1.807) is 12.4 Å². The van der Waals surface area contributed by atoms with E-state index in [0.717, 1.165) is 5.56 Å². The Morgan fingerprint density at radius 1 is 1.32 bits per heavy atom. The minimum Gasteiger partial charge on any atom is -0.478 e. The van der Waals surface area contributed by atoms with Crippen LogP contribution in [0.2, 0.25) is 0 Å². The van der Waals surface area contributed by atoms with Gasteiger partial charge in [-0.15, -0.1) is 0 Å². The number of benzene rings is 1. The Morgan fingerprint density at radius 2 is 2.00 bits per heavy atom. The first-order chi connectivity index (χ1) is 9.09. The number of nitrogens with zero attached hydrogens (tertiary/aromatic N) is 1. The number of hydrogen-bond acceptors (Lipinski definition) is 3. The van der Waals surface area contributed by atoms with Crippen LogP contribution in [0.15, 0.2) is 41.1 Å². The van der Waals surface area contributed by atoms with Crippen LogP contribution in [0.25, 0.3) is 0 Å². The summed E-state index contributed by atoms with van der Waals surface area (Å²) >= 11 is 2.95. The molecule has 0 aliphatic rings. The Hall–Kier alpha value is -1.95. The lowest BCUT2D eigenvalue weighted by atomic mass is 10.2. The third-order valence-corrected chi connectivity index (χ3v) is 3.32. The highest BCUT2D eigenvalue weighted by Crippen LogP contribution is 2.27. The third-order valence-electron chi connectivity index (χ3n) is 2.55. The monoisotopic (exact) mass is 324 g/mol. The van der Waals surface area contributed by atoms with E-state index in [9.17, 15) is 9.18 Å². The van der Waals surface area contributed by atoms with Crippen molar-refractivity contribution in [1.82, 2.24) is 4.98 Å². The summed E-state index contributed by atoms with van der Waals surface area (Å²) in [4.78, 5) is 14.7. The molecule has 4 nitrogen and oxygen atoms in total. The van der Waals surface area contributed by atoms with Crippen molar-refractivity contribution in [3.63, 3.8) is 0 Å². The van der Waals surface area contributed by atoms with Crippen LogP contribution in [0.1, 0.15) is 15.9 Å². The van der Waals surface area contributed by atoms with Gasteiger partial charge in [-0.05, 0) is 45.8 Å². The fraction of sp³-hybridized carbons (Fsp3) is 0.0769. The highest BCUT2D eigenvalue weighted by molar-refractivity contribution is 9.10. The Labute approximate surface area is 117 Å². The molecule has 0 unspecified atom stereocenters. The molecule has 98 valence electrons. The van der Waals surface area contributed by atoms with E-state index < -0.39 is 11.8 Å². The largest absolute Gasteiger partial charge is 0.478 e. The number of halogens is 2.